The van der Waals surface area contributed by atoms with Gasteiger partial charge in [-0.3, -0.25) is 0 Å². The highest BCUT2D eigenvalue weighted by atomic mass is 32.1. The van der Waals surface area contributed by atoms with Crippen LogP contribution in [-0.4, -0.2) is 9.97 Å². The average molecular weight is 286 g/mol. The smallest absolute Gasteiger partial charge is 0.219 e. The van der Waals surface area contributed by atoms with Gasteiger partial charge in [0, 0.05) is 17.8 Å². The van der Waals surface area contributed by atoms with E-state index in [1.807, 2.05) is 12.1 Å². The summed E-state index contributed by atoms with van der Waals surface area (Å²) < 4.78 is 5.76. The summed E-state index contributed by atoms with van der Waals surface area (Å²) in [5.41, 5.74) is 8.88. The van der Waals surface area contributed by atoms with E-state index in [0.717, 1.165) is 11.3 Å². The Labute approximate surface area is 124 Å². The molecule has 4 heteroatoms. The third-order valence-corrected chi connectivity index (χ3v) is 3.34. The fraction of sp³-hybridized carbons (Fsp3) is 0.250. The van der Waals surface area contributed by atoms with E-state index in [9.17, 15) is 0 Å². The highest BCUT2D eigenvalue weighted by Gasteiger charge is 2.06. The van der Waals surface area contributed by atoms with Crippen LogP contribution in [0.5, 0.6) is 11.6 Å². The molecule has 20 heavy (non-hydrogen) atoms. The summed E-state index contributed by atoms with van der Waals surface area (Å²) in [7, 11) is 0. The van der Waals surface area contributed by atoms with Gasteiger partial charge in [0.15, 0.2) is 0 Å². The van der Waals surface area contributed by atoms with E-state index >= 15 is 0 Å². The molecule has 0 fully saturated rings. The molecule has 1 heterocycles. The van der Waals surface area contributed by atoms with Crippen LogP contribution in [0.3, 0.4) is 0 Å². The second-order valence-corrected chi connectivity index (χ2v) is 5.46. The Balaban J connectivity index is 2.24. The van der Waals surface area contributed by atoms with Gasteiger partial charge in [-0.05, 0) is 42.2 Å². The first kappa shape index (κ1) is 14.5. The lowest BCUT2D eigenvalue weighted by Gasteiger charge is -2.12. The molecule has 0 bridgehead atoms. The minimum absolute atomic E-state index is 0.337. The SMILES string of the molecule is Cc1cc(Oc2cc(C(N)=S)ccn2)ccc1C(C)C. The van der Waals surface area contributed by atoms with Crippen molar-refractivity contribution in [2.24, 2.45) is 5.73 Å². The van der Waals surface area contributed by atoms with Crippen molar-refractivity contribution in [3.8, 4) is 11.6 Å². The highest BCUT2D eigenvalue weighted by molar-refractivity contribution is 7.80. The van der Waals surface area contributed by atoms with Crippen molar-refractivity contribution in [1.82, 2.24) is 4.98 Å². The monoisotopic (exact) mass is 286 g/mol. The molecule has 0 radical (unpaired) electrons. The summed E-state index contributed by atoms with van der Waals surface area (Å²) in [5.74, 6) is 1.76. The minimum Gasteiger partial charge on any atom is -0.439 e. The summed E-state index contributed by atoms with van der Waals surface area (Å²) in [6, 6.07) is 9.57. The first-order valence-electron chi connectivity index (χ1n) is 6.51. The molecule has 0 aliphatic heterocycles. The highest BCUT2D eigenvalue weighted by Crippen LogP contribution is 2.26. The summed E-state index contributed by atoms with van der Waals surface area (Å²) in [4.78, 5) is 4.50. The molecule has 1 aromatic carbocycles. The molecular weight excluding hydrogens is 268 g/mol. The Morgan fingerprint density at radius 2 is 2.00 bits per heavy atom. The third kappa shape index (κ3) is 3.33. The van der Waals surface area contributed by atoms with Crippen LogP contribution < -0.4 is 10.5 Å². The maximum Gasteiger partial charge on any atom is 0.219 e. The molecule has 104 valence electrons. The standard InChI is InChI=1S/C16H18N2OS/c1-10(2)14-5-4-13(8-11(14)3)19-15-9-12(16(17)20)6-7-18-15/h4-10H,1-3H3,(H2,17,20). The number of nitrogens with two attached hydrogens (primary N) is 1. The molecule has 2 N–H and O–H groups in total. The first-order valence-corrected chi connectivity index (χ1v) is 6.92. The van der Waals surface area contributed by atoms with Crippen molar-refractivity contribution in [3.63, 3.8) is 0 Å². The Hall–Kier alpha value is -1.94. The maximum absolute atomic E-state index is 5.76. The number of rotatable bonds is 4. The van der Waals surface area contributed by atoms with Crippen LogP contribution in [0.15, 0.2) is 36.5 Å². The van der Waals surface area contributed by atoms with Crippen LogP contribution in [0.2, 0.25) is 0 Å². The summed E-state index contributed by atoms with van der Waals surface area (Å²) in [5, 5.41) is 0. The molecule has 0 aliphatic rings. The van der Waals surface area contributed by atoms with Gasteiger partial charge in [-0.15, -0.1) is 0 Å². The van der Waals surface area contributed by atoms with Crippen molar-refractivity contribution in [2.75, 3.05) is 0 Å². The lowest BCUT2D eigenvalue weighted by atomic mass is 9.98. The Kier molecular flexibility index (Phi) is 4.35. The zero-order chi connectivity index (χ0) is 14.7. The first-order chi connectivity index (χ1) is 9.47. The predicted octanol–water partition coefficient (Wildman–Crippen LogP) is 3.94. The van der Waals surface area contributed by atoms with E-state index in [1.165, 1.54) is 11.1 Å². The van der Waals surface area contributed by atoms with Crippen LogP contribution in [0.1, 0.15) is 36.5 Å². The second-order valence-electron chi connectivity index (χ2n) is 5.02. The topological polar surface area (TPSA) is 48.1 Å². The van der Waals surface area contributed by atoms with E-state index < -0.39 is 0 Å². The molecule has 3 nitrogen and oxygen atoms in total. The van der Waals surface area contributed by atoms with Crippen molar-refractivity contribution in [1.29, 1.82) is 0 Å². The quantitative estimate of drug-likeness (QED) is 0.865. The average Bonchev–Trinajstić information content (AvgIpc) is 2.38. The Morgan fingerprint density at radius 1 is 1.25 bits per heavy atom. The Bertz CT molecular complexity index is 638. The van der Waals surface area contributed by atoms with E-state index in [1.54, 1.807) is 18.3 Å². The molecule has 2 rings (SSSR count). The summed E-state index contributed by atoms with van der Waals surface area (Å²) in [6.45, 7) is 6.44. The molecule has 0 saturated heterocycles. The molecule has 0 spiro atoms. The molecular formula is C16H18N2OS. The second kappa shape index (κ2) is 6.01. The van der Waals surface area contributed by atoms with Crippen molar-refractivity contribution >= 4 is 17.2 Å². The zero-order valence-corrected chi connectivity index (χ0v) is 12.7. The lowest BCUT2D eigenvalue weighted by molar-refractivity contribution is 0.462. The van der Waals surface area contributed by atoms with Crippen LogP contribution in [-0.2, 0) is 0 Å². The van der Waals surface area contributed by atoms with E-state index in [4.69, 9.17) is 22.7 Å². The van der Waals surface area contributed by atoms with Crippen LogP contribution in [0.25, 0.3) is 0 Å². The van der Waals surface area contributed by atoms with E-state index in [0.29, 0.717) is 16.8 Å². The van der Waals surface area contributed by atoms with Gasteiger partial charge in [-0.1, -0.05) is 32.1 Å². The lowest BCUT2D eigenvalue weighted by Crippen LogP contribution is -2.09. The van der Waals surface area contributed by atoms with Gasteiger partial charge < -0.3 is 10.5 Å². The molecule has 0 amide bonds. The third-order valence-electron chi connectivity index (χ3n) is 3.11. The number of aromatic nitrogens is 1. The number of aryl methyl sites for hydroxylation is 1. The van der Waals surface area contributed by atoms with Gasteiger partial charge in [-0.2, -0.15) is 0 Å². The fourth-order valence-corrected chi connectivity index (χ4v) is 2.23. The van der Waals surface area contributed by atoms with Crippen molar-refractivity contribution < 1.29 is 4.74 Å². The number of hydrogen-bond acceptors (Lipinski definition) is 3. The zero-order valence-electron chi connectivity index (χ0n) is 11.9. The Morgan fingerprint density at radius 3 is 2.60 bits per heavy atom. The van der Waals surface area contributed by atoms with Crippen LogP contribution >= 0.6 is 12.2 Å². The van der Waals surface area contributed by atoms with Gasteiger partial charge in [-0.25, -0.2) is 4.98 Å². The van der Waals surface area contributed by atoms with Gasteiger partial charge >= 0.3 is 0 Å². The number of hydrogen-bond donors (Lipinski definition) is 1. The number of thiocarbonyl (C=S) groups is 1. The minimum atomic E-state index is 0.337. The molecule has 0 saturated carbocycles. The largest absolute Gasteiger partial charge is 0.439 e. The van der Waals surface area contributed by atoms with Crippen molar-refractivity contribution in [3.05, 3.63) is 53.2 Å². The fourth-order valence-electron chi connectivity index (χ4n) is 2.10. The summed E-state index contributed by atoms with van der Waals surface area (Å²) >= 11 is 4.95. The normalized spacial score (nSPS) is 10.6. The maximum atomic E-state index is 5.76. The number of ether oxygens (including phenoxy) is 1. The van der Waals surface area contributed by atoms with E-state index in [-0.39, 0.29) is 0 Å². The molecule has 0 aliphatic carbocycles. The number of benzene rings is 1. The van der Waals surface area contributed by atoms with Gasteiger partial charge in [0.05, 0.1) is 0 Å². The van der Waals surface area contributed by atoms with Crippen LogP contribution in [0.4, 0.5) is 0 Å². The number of nitrogens with zero attached hydrogens (tertiary/aromatic N) is 1. The van der Waals surface area contributed by atoms with Gasteiger partial charge in [0.2, 0.25) is 5.88 Å². The molecule has 1 aromatic heterocycles. The number of pyridine rings is 1. The summed E-state index contributed by atoms with van der Waals surface area (Å²) in [6.07, 6.45) is 1.64. The molecule has 0 atom stereocenters. The van der Waals surface area contributed by atoms with E-state index in [2.05, 4.69) is 31.8 Å². The molecule has 0 unspecified atom stereocenters. The van der Waals surface area contributed by atoms with Gasteiger partial charge in [0.1, 0.15) is 10.7 Å². The van der Waals surface area contributed by atoms with Crippen LogP contribution in [0, 0.1) is 6.92 Å². The van der Waals surface area contributed by atoms with Crippen molar-refractivity contribution in [2.45, 2.75) is 26.7 Å². The predicted molar refractivity (Wildman–Crippen MR) is 85.5 cm³/mol. The molecule has 2 aromatic rings. The van der Waals surface area contributed by atoms with Gasteiger partial charge in [0.25, 0.3) is 0 Å².